The van der Waals surface area contributed by atoms with Crippen molar-refractivity contribution in [3.05, 3.63) is 47.2 Å². The summed E-state index contributed by atoms with van der Waals surface area (Å²) in [5, 5.41) is 23.2. The molecular weight excluding hydrogens is 254 g/mol. The van der Waals surface area contributed by atoms with Gasteiger partial charge in [0.1, 0.15) is 5.82 Å². The third kappa shape index (κ3) is 3.00. The summed E-state index contributed by atoms with van der Waals surface area (Å²) in [5.74, 6) is 0.864. The van der Waals surface area contributed by atoms with E-state index in [4.69, 9.17) is 0 Å². The Balaban J connectivity index is 2.33. The summed E-state index contributed by atoms with van der Waals surface area (Å²) in [6.07, 6.45) is 0. The molecule has 0 saturated heterocycles. The molecule has 0 aliphatic carbocycles. The van der Waals surface area contributed by atoms with Crippen molar-refractivity contribution in [2.75, 3.05) is 18.1 Å². The Bertz CT molecular complexity index is 552. The summed E-state index contributed by atoms with van der Waals surface area (Å²) in [7, 11) is 1.86. The molecule has 0 aliphatic rings. The van der Waals surface area contributed by atoms with E-state index in [9.17, 15) is 10.2 Å². The quantitative estimate of drug-likeness (QED) is 0.832. The van der Waals surface area contributed by atoms with E-state index >= 15 is 0 Å². The lowest BCUT2D eigenvalue weighted by atomic mass is 10.2. The van der Waals surface area contributed by atoms with Crippen LogP contribution in [-0.2, 0) is 20.2 Å². The van der Waals surface area contributed by atoms with Crippen molar-refractivity contribution in [1.82, 2.24) is 9.78 Å². The zero-order valence-electron chi connectivity index (χ0n) is 12.0. The minimum Gasteiger partial charge on any atom is -0.395 e. The van der Waals surface area contributed by atoms with E-state index in [1.807, 2.05) is 49.2 Å². The number of anilines is 1. The predicted octanol–water partition coefficient (Wildman–Crippen LogP) is 1.22. The summed E-state index contributed by atoms with van der Waals surface area (Å²) < 4.78 is 1.76. The van der Waals surface area contributed by atoms with Crippen LogP contribution in [0.5, 0.6) is 0 Å². The first-order valence-corrected chi connectivity index (χ1v) is 6.70. The average molecular weight is 275 g/mol. The Morgan fingerprint density at radius 1 is 1.20 bits per heavy atom. The van der Waals surface area contributed by atoms with Crippen LogP contribution in [-0.4, -0.2) is 33.1 Å². The van der Waals surface area contributed by atoms with E-state index in [2.05, 4.69) is 5.10 Å². The second kappa shape index (κ2) is 6.54. The fraction of sp³-hybridized carbons (Fsp3) is 0.400. The zero-order chi connectivity index (χ0) is 14.5. The molecule has 0 amide bonds. The topological polar surface area (TPSA) is 61.5 Å². The third-order valence-electron chi connectivity index (χ3n) is 3.36. The van der Waals surface area contributed by atoms with Gasteiger partial charge in [-0.2, -0.15) is 5.10 Å². The number of hydrogen-bond acceptors (Lipinski definition) is 4. The van der Waals surface area contributed by atoms with Gasteiger partial charge in [-0.3, -0.25) is 4.68 Å². The van der Waals surface area contributed by atoms with Crippen molar-refractivity contribution < 1.29 is 10.2 Å². The van der Waals surface area contributed by atoms with Crippen LogP contribution in [0.3, 0.4) is 0 Å². The molecule has 108 valence electrons. The van der Waals surface area contributed by atoms with Crippen molar-refractivity contribution in [3.8, 4) is 0 Å². The minimum atomic E-state index is -0.0499. The number of aromatic nitrogens is 2. The molecule has 0 fully saturated rings. The molecule has 1 aromatic heterocycles. The van der Waals surface area contributed by atoms with Gasteiger partial charge in [-0.1, -0.05) is 30.3 Å². The van der Waals surface area contributed by atoms with Gasteiger partial charge in [-0.05, 0) is 12.5 Å². The van der Waals surface area contributed by atoms with Crippen molar-refractivity contribution in [2.24, 2.45) is 7.05 Å². The van der Waals surface area contributed by atoms with Gasteiger partial charge in [0.25, 0.3) is 0 Å². The lowest BCUT2D eigenvalue weighted by Crippen LogP contribution is -2.29. The molecule has 5 nitrogen and oxygen atoms in total. The molecule has 5 heteroatoms. The van der Waals surface area contributed by atoms with Gasteiger partial charge >= 0.3 is 0 Å². The molecule has 0 unspecified atom stereocenters. The van der Waals surface area contributed by atoms with Gasteiger partial charge in [0.2, 0.25) is 0 Å². The van der Waals surface area contributed by atoms with Gasteiger partial charge in [0, 0.05) is 25.7 Å². The first-order chi connectivity index (χ1) is 9.67. The van der Waals surface area contributed by atoms with Gasteiger partial charge in [0.05, 0.1) is 18.9 Å². The van der Waals surface area contributed by atoms with Crippen LogP contribution >= 0.6 is 0 Å². The number of aliphatic hydroxyl groups is 2. The molecule has 0 bridgehead atoms. The highest BCUT2D eigenvalue weighted by Gasteiger charge is 2.18. The van der Waals surface area contributed by atoms with E-state index in [1.54, 1.807) is 4.68 Å². The maximum Gasteiger partial charge on any atom is 0.132 e. The molecule has 0 aliphatic heterocycles. The smallest absolute Gasteiger partial charge is 0.132 e. The number of aryl methyl sites for hydroxylation is 2. The van der Waals surface area contributed by atoms with Crippen molar-refractivity contribution in [1.29, 1.82) is 0 Å². The maximum atomic E-state index is 9.55. The Labute approximate surface area is 119 Å². The van der Waals surface area contributed by atoms with E-state index < -0.39 is 0 Å². The fourth-order valence-corrected chi connectivity index (χ4v) is 2.45. The summed E-state index contributed by atoms with van der Waals surface area (Å²) in [5.41, 5.74) is 2.79. The fourth-order valence-electron chi connectivity index (χ4n) is 2.45. The standard InChI is InChI=1S/C15H21N3O2/c1-12-14(11-20)15(17(2)16-12)18(8-9-19)10-13-6-4-3-5-7-13/h3-7,19-20H,8-11H2,1-2H3. The summed E-state index contributed by atoms with van der Waals surface area (Å²) in [6, 6.07) is 10.1. The lowest BCUT2D eigenvalue weighted by Gasteiger charge is -2.25. The number of aliphatic hydroxyl groups excluding tert-OH is 2. The van der Waals surface area contributed by atoms with E-state index in [-0.39, 0.29) is 13.2 Å². The largest absolute Gasteiger partial charge is 0.395 e. The van der Waals surface area contributed by atoms with Crippen molar-refractivity contribution in [2.45, 2.75) is 20.1 Å². The van der Waals surface area contributed by atoms with Crippen molar-refractivity contribution in [3.63, 3.8) is 0 Å². The first-order valence-electron chi connectivity index (χ1n) is 6.70. The monoisotopic (exact) mass is 275 g/mol. The Morgan fingerprint density at radius 2 is 1.90 bits per heavy atom. The van der Waals surface area contributed by atoms with Crippen LogP contribution in [0.2, 0.25) is 0 Å². The summed E-state index contributed by atoms with van der Waals surface area (Å²) in [4.78, 5) is 2.04. The Morgan fingerprint density at radius 3 is 2.50 bits per heavy atom. The first kappa shape index (κ1) is 14.6. The Hall–Kier alpha value is -1.85. The Kier molecular flexibility index (Phi) is 4.76. The van der Waals surface area contributed by atoms with Gasteiger partial charge in [-0.15, -0.1) is 0 Å². The maximum absolute atomic E-state index is 9.55. The summed E-state index contributed by atoms with van der Waals surface area (Å²) >= 11 is 0. The van der Waals surface area contributed by atoms with E-state index in [0.717, 1.165) is 22.6 Å². The number of benzene rings is 1. The normalized spacial score (nSPS) is 10.8. The minimum absolute atomic E-state index is 0.0499. The van der Waals surface area contributed by atoms with Gasteiger partial charge in [-0.25, -0.2) is 0 Å². The van der Waals surface area contributed by atoms with Crippen LogP contribution in [0.15, 0.2) is 30.3 Å². The lowest BCUT2D eigenvalue weighted by molar-refractivity contribution is 0.279. The average Bonchev–Trinajstić information content (AvgIpc) is 2.73. The third-order valence-corrected chi connectivity index (χ3v) is 3.36. The molecule has 20 heavy (non-hydrogen) atoms. The summed E-state index contributed by atoms with van der Waals surface area (Å²) in [6.45, 7) is 3.07. The second-order valence-corrected chi connectivity index (χ2v) is 4.80. The van der Waals surface area contributed by atoms with Gasteiger partial charge < -0.3 is 15.1 Å². The molecule has 2 rings (SSSR count). The van der Waals surface area contributed by atoms with Crippen LogP contribution in [0.25, 0.3) is 0 Å². The second-order valence-electron chi connectivity index (χ2n) is 4.80. The predicted molar refractivity (Wildman–Crippen MR) is 78.4 cm³/mol. The molecule has 0 radical (unpaired) electrons. The van der Waals surface area contributed by atoms with Crippen LogP contribution < -0.4 is 4.90 Å². The molecular formula is C15H21N3O2. The highest BCUT2D eigenvalue weighted by atomic mass is 16.3. The number of nitrogens with zero attached hydrogens (tertiary/aromatic N) is 3. The number of hydrogen-bond donors (Lipinski definition) is 2. The van der Waals surface area contributed by atoms with E-state index in [1.165, 1.54) is 0 Å². The van der Waals surface area contributed by atoms with Crippen molar-refractivity contribution >= 4 is 5.82 Å². The highest BCUT2D eigenvalue weighted by Crippen LogP contribution is 2.24. The molecule has 0 saturated carbocycles. The molecule has 2 N–H and O–H groups in total. The molecule has 1 aromatic carbocycles. The molecule has 0 atom stereocenters. The zero-order valence-corrected chi connectivity index (χ0v) is 12.0. The molecule has 0 spiro atoms. The van der Waals surface area contributed by atoms with Gasteiger partial charge in [0.15, 0.2) is 0 Å². The van der Waals surface area contributed by atoms with Crippen LogP contribution in [0.4, 0.5) is 5.82 Å². The van der Waals surface area contributed by atoms with E-state index in [0.29, 0.717) is 13.1 Å². The SMILES string of the molecule is Cc1nn(C)c(N(CCO)Cc2ccccc2)c1CO. The van der Waals surface area contributed by atoms with Crippen LogP contribution in [0, 0.1) is 6.92 Å². The van der Waals surface area contributed by atoms with Crippen LogP contribution in [0.1, 0.15) is 16.8 Å². The number of rotatable bonds is 6. The molecule has 1 heterocycles. The highest BCUT2D eigenvalue weighted by molar-refractivity contribution is 5.50. The molecule has 2 aromatic rings.